The van der Waals surface area contributed by atoms with Crippen molar-refractivity contribution < 1.29 is 9.59 Å². The van der Waals surface area contributed by atoms with Crippen LogP contribution in [-0.2, 0) is 11.2 Å². The van der Waals surface area contributed by atoms with Gasteiger partial charge in [-0.05, 0) is 85.8 Å². The third kappa shape index (κ3) is 4.34. The molecule has 4 bridgehead atoms. The maximum Gasteiger partial charge on any atom is 0.316 e. The summed E-state index contributed by atoms with van der Waals surface area (Å²) in [6.07, 6.45) is 9.51. The molecular formula is C23H33N3O2. The van der Waals surface area contributed by atoms with Crippen LogP contribution in [0.1, 0.15) is 50.5 Å². The molecule has 5 nitrogen and oxygen atoms in total. The van der Waals surface area contributed by atoms with Crippen LogP contribution in [0.3, 0.4) is 0 Å². The zero-order valence-electron chi connectivity index (χ0n) is 17.2. The first-order chi connectivity index (χ1) is 13.4. The minimum absolute atomic E-state index is 0.0754. The first kappa shape index (κ1) is 19.3. The van der Waals surface area contributed by atoms with Gasteiger partial charge in [-0.3, -0.25) is 4.79 Å². The Morgan fingerprint density at radius 3 is 2.11 bits per heavy atom. The Hall–Kier alpha value is -2.04. The first-order valence-corrected chi connectivity index (χ1v) is 10.7. The van der Waals surface area contributed by atoms with Gasteiger partial charge in [0.2, 0.25) is 5.91 Å². The lowest BCUT2D eigenvalue weighted by molar-refractivity contribution is -0.124. The zero-order chi connectivity index (χ0) is 19.7. The molecule has 5 rings (SSSR count). The highest BCUT2D eigenvalue weighted by Crippen LogP contribution is 2.61. The van der Waals surface area contributed by atoms with Gasteiger partial charge in [0.05, 0.1) is 0 Å². The smallest absolute Gasteiger partial charge is 0.316 e. The van der Waals surface area contributed by atoms with E-state index in [9.17, 15) is 9.59 Å². The zero-order valence-corrected chi connectivity index (χ0v) is 17.2. The lowest BCUT2D eigenvalue weighted by atomic mass is 9.49. The van der Waals surface area contributed by atoms with Gasteiger partial charge in [-0.15, -0.1) is 0 Å². The number of benzene rings is 1. The Morgan fingerprint density at radius 1 is 1.00 bits per heavy atom. The van der Waals surface area contributed by atoms with Crippen molar-refractivity contribution >= 4 is 17.6 Å². The molecule has 0 saturated heterocycles. The van der Waals surface area contributed by atoms with E-state index in [0.717, 1.165) is 35.4 Å². The standard InChI is InChI=1S/C23H33N3O2/c1-26(2)22(28)24-8-7-16-3-5-20(6-4-16)25-21(27)15-23-12-17-9-18(13-23)11-19(10-17)14-23/h3-6,17-19H,7-15H2,1-2H3,(H,24,28)(H,25,27). The van der Waals surface area contributed by atoms with E-state index >= 15 is 0 Å². The van der Waals surface area contributed by atoms with Crippen molar-refractivity contribution in [1.82, 2.24) is 10.2 Å². The second-order valence-electron chi connectivity index (χ2n) is 9.72. The Labute approximate surface area is 168 Å². The fourth-order valence-corrected chi connectivity index (χ4v) is 6.28. The molecule has 0 radical (unpaired) electrons. The van der Waals surface area contributed by atoms with Crippen LogP contribution < -0.4 is 10.6 Å². The number of amides is 3. The van der Waals surface area contributed by atoms with Gasteiger partial charge in [0, 0.05) is 32.7 Å². The van der Waals surface area contributed by atoms with E-state index in [1.165, 1.54) is 43.4 Å². The fraction of sp³-hybridized carbons (Fsp3) is 0.652. The number of nitrogens with zero attached hydrogens (tertiary/aromatic N) is 1. The van der Waals surface area contributed by atoms with Gasteiger partial charge in [-0.25, -0.2) is 4.79 Å². The van der Waals surface area contributed by atoms with Crippen LogP contribution in [0.5, 0.6) is 0 Å². The maximum atomic E-state index is 12.7. The maximum absolute atomic E-state index is 12.7. The number of hydrogen-bond donors (Lipinski definition) is 2. The van der Waals surface area contributed by atoms with Crippen molar-refractivity contribution in [3.63, 3.8) is 0 Å². The molecule has 4 fully saturated rings. The average molecular weight is 384 g/mol. The monoisotopic (exact) mass is 383 g/mol. The lowest BCUT2D eigenvalue weighted by Crippen LogP contribution is -2.47. The summed E-state index contributed by atoms with van der Waals surface area (Å²) in [6.45, 7) is 0.606. The highest BCUT2D eigenvalue weighted by Gasteiger charge is 2.51. The molecule has 1 aromatic carbocycles. The molecular weight excluding hydrogens is 350 g/mol. The van der Waals surface area contributed by atoms with Crippen LogP contribution in [0, 0.1) is 23.2 Å². The van der Waals surface area contributed by atoms with Gasteiger partial charge in [0.15, 0.2) is 0 Å². The van der Waals surface area contributed by atoms with E-state index in [1.54, 1.807) is 14.1 Å². The summed E-state index contributed by atoms with van der Waals surface area (Å²) in [5.74, 6) is 2.82. The Bertz CT molecular complexity index is 691. The van der Waals surface area contributed by atoms with Gasteiger partial charge < -0.3 is 15.5 Å². The molecule has 3 amide bonds. The third-order valence-electron chi connectivity index (χ3n) is 7.03. The number of carbonyl (C=O) groups excluding carboxylic acids is 2. The summed E-state index contributed by atoms with van der Waals surface area (Å²) >= 11 is 0. The van der Waals surface area contributed by atoms with Crippen LogP contribution in [0.4, 0.5) is 10.5 Å². The minimum atomic E-state index is -0.0754. The van der Waals surface area contributed by atoms with Crippen LogP contribution in [0.2, 0.25) is 0 Å². The van der Waals surface area contributed by atoms with Gasteiger partial charge in [0.1, 0.15) is 0 Å². The molecule has 0 spiro atoms. The topological polar surface area (TPSA) is 61.4 Å². The number of hydrogen-bond acceptors (Lipinski definition) is 2. The highest BCUT2D eigenvalue weighted by atomic mass is 16.2. The van der Waals surface area contributed by atoms with E-state index < -0.39 is 0 Å². The average Bonchev–Trinajstić information content (AvgIpc) is 2.61. The van der Waals surface area contributed by atoms with Crippen LogP contribution >= 0.6 is 0 Å². The predicted molar refractivity (Wildman–Crippen MR) is 111 cm³/mol. The van der Waals surface area contributed by atoms with Crippen molar-refractivity contribution in [3.8, 4) is 0 Å². The van der Waals surface area contributed by atoms with Crippen molar-refractivity contribution in [3.05, 3.63) is 29.8 Å². The van der Waals surface area contributed by atoms with Crippen LogP contribution in [0.15, 0.2) is 24.3 Å². The lowest BCUT2D eigenvalue weighted by Gasteiger charge is -2.56. The van der Waals surface area contributed by atoms with Crippen molar-refractivity contribution in [2.75, 3.05) is 26.0 Å². The van der Waals surface area contributed by atoms with E-state index in [2.05, 4.69) is 10.6 Å². The summed E-state index contributed by atoms with van der Waals surface area (Å²) in [5.41, 5.74) is 2.30. The minimum Gasteiger partial charge on any atom is -0.338 e. The number of rotatable bonds is 6. The predicted octanol–water partition coefficient (Wildman–Crippen LogP) is 4.05. The molecule has 152 valence electrons. The van der Waals surface area contributed by atoms with E-state index in [0.29, 0.717) is 13.0 Å². The molecule has 4 aliphatic carbocycles. The third-order valence-corrected chi connectivity index (χ3v) is 7.03. The summed E-state index contributed by atoms with van der Waals surface area (Å²) in [7, 11) is 3.46. The summed E-state index contributed by atoms with van der Waals surface area (Å²) in [4.78, 5) is 25.8. The molecule has 4 saturated carbocycles. The quantitative estimate of drug-likeness (QED) is 0.779. The van der Waals surface area contributed by atoms with Gasteiger partial charge in [-0.2, -0.15) is 0 Å². The molecule has 0 unspecified atom stereocenters. The Morgan fingerprint density at radius 2 is 1.57 bits per heavy atom. The van der Waals surface area contributed by atoms with E-state index in [1.807, 2.05) is 24.3 Å². The van der Waals surface area contributed by atoms with Gasteiger partial charge in [0.25, 0.3) is 0 Å². The van der Waals surface area contributed by atoms with Crippen molar-refractivity contribution in [2.45, 2.75) is 51.4 Å². The van der Waals surface area contributed by atoms with Crippen molar-refractivity contribution in [2.24, 2.45) is 23.2 Å². The van der Waals surface area contributed by atoms with E-state index in [4.69, 9.17) is 0 Å². The number of carbonyl (C=O) groups is 2. The second-order valence-corrected chi connectivity index (χ2v) is 9.72. The molecule has 0 atom stereocenters. The molecule has 2 N–H and O–H groups in total. The number of anilines is 1. The Balaban J connectivity index is 1.26. The molecule has 28 heavy (non-hydrogen) atoms. The summed E-state index contributed by atoms with van der Waals surface area (Å²) < 4.78 is 0. The molecule has 1 aromatic rings. The molecule has 4 aliphatic rings. The van der Waals surface area contributed by atoms with E-state index in [-0.39, 0.29) is 17.4 Å². The molecule has 0 aromatic heterocycles. The van der Waals surface area contributed by atoms with Crippen molar-refractivity contribution in [1.29, 1.82) is 0 Å². The fourth-order valence-electron chi connectivity index (χ4n) is 6.28. The normalized spacial score (nSPS) is 30.1. The van der Waals surface area contributed by atoms with Gasteiger partial charge in [-0.1, -0.05) is 12.1 Å². The van der Waals surface area contributed by atoms with Gasteiger partial charge >= 0.3 is 6.03 Å². The highest BCUT2D eigenvalue weighted by molar-refractivity contribution is 5.91. The summed E-state index contributed by atoms with van der Waals surface area (Å²) in [5, 5.41) is 5.98. The SMILES string of the molecule is CN(C)C(=O)NCCc1ccc(NC(=O)CC23CC4CC(CC(C4)C2)C3)cc1. The molecule has 0 aliphatic heterocycles. The van der Waals surface area contributed by atoms with Crippen LogP contribution in [0.25, 0.3) is 0 Å². The molecule has 0 heterocycles. The Kier molecular flexibility index (Phi) is 5.35. The summed E-state index contributed by atoms with van der Waals surface area (Å²) in [6, 6.07) is 7.93. The number of nitrogens with one attached hydrogen (secondary N) is 2. The largest absolute Gasteiger partial charge is 0.338 e. The van der Waals surface area contributed by atoms with Crippen LogP contribution in [-0.4, -0.2) is 37.5 Å². The first-order valence-electron chi connectivity index (χ1n) is 10.7. The number of urea groups is 1. The molecule has 5 heteroatoms. The second kappa shape index (κ2) is 7.76.